The lowest BCUT2D eigenvalue weighted by atomic mass is 10.0. The van der Waals surface area contributed by atoms with E-state index < -0.39 is 0 Å². The quantitative estimate of drug-likeness (QED) is 0.653. The fraction of sp³-hybridized carbons (Fsp3) is 1.00. The summed E-state index contributed by atoms with van der Waals surface area (Å²) in [6.45, 7) is 8.37. The number of aliphatic hydroxyl groups is 1. The molecule has 0 bridgehead atoms. The largest absolute Gasteiger partial charge is 0.392 e. The molecule has 90 valence electrons. The molecule has 1 saturated heterocycles. The maximum atomic E-state index is 9.07. The predicted octanol–water partition coefficient (Wildman–Crippen LogP) is 1.22. The minimum absolute atomic E-state index is 0.223. The molecule has 0 spiro atoms. The van der Waals surface area contributed by atoms with Crippen LogP contribution in [0.3, 0.4) is 0 Å². The van der Waals surface area contributed by atoms with Crippen molar-refractivity contribution in [1.29, 1.82) is 0 Å². The Morgan fingerprint density at radius 3 is 2.93 bits per heavy atom. The molecule has 3 nitrogen and oxygen atoms in total. The van der Waals surface area contributed by atoms with Gasteiger partial charge >= 0.3 is 0 Å². The number of hydrogen-bond acceptors (Lipinski definition) is 3. The first-order valence-electron chi connectivity index (χ1n) is 6.33. The Kier molecular flexibility index (Phi) is 6.22. The topological polar surface area (TPSA) is 35.5 Å². The molecular weight excluding hydrogens is 188 g/mol. The molecule has 0 aromatic heterocycles. The van der Waals surface area contributed by atoms with Crippen LogP contribution in [0.5, 0.6) is 0 Å². The molecular formula is C12H26N2O. The van der Waals surface area contributed by atoms with Crippen LogP contribution in [0.4, 0.5) is 0 Å². The zero-order valence-electron chi connectivity index (χ0n) is 10.2. The average Bonchev–Trinajstić information content (AvgIpc) is 2.20. The molecule has 2 N–H and O–H groups in total. The summed E-state index contributed by atoms with van der Waals surface area (Å²) in [7, 11) is 0. The van der Waals surface area contributed by atoms with E-state index >= 15 is 0 Å². The summed E-state index contributed by atoms with van der Waals surface area (Å²) < 4.78 is 0. The Labute approximate surface area is 93.9 Å². The molecule has 15 heavy (non-hydrogen) atoms. The van der Waals surface area contributed by atoms with Crippen LogP contribution in [0.2, 0.25) is 0 Å². The minimum Gasteiger partial charge on any atom is -0.392 e. The number of aliphatic hydroxyl groups excluding tert-OH is 1. The van der Waals surface area contributed by atoms with Gasteiger partial charge in [0.15, 0.2) is 0 Å². The average molecular weight is 214 g/mol. The molecule has 1 aliphatic heterocycles. The van der Waals surface area contributed by atoms with E-state index in [1.807, 2.05) is 6.92 Å². The van der Waals surface area contributed by atoms with Crippen LogP contribution in [-0.4, -0.2) is 48.3 Å². The number of hydrogen-bond donors (Lipinski definition) is 2. The van der Waals surface area contributed by atoms with Crippen LogP contribution >= 0.6 is 0 Å². The molecule has 0 radical (unpaired) electrons. The lowest BCUT2D eigenvalue weighted by Gasteiger charge is -2.33. The van der Waals surface area contributed by atoms with Crippen LogP contribution < -0.4 is 5.32 Å². The molecule has 0 aliphatic carbocycles. The predicted molar refractivity (Wildman–Crippen MR) is 64.1 cm³/mol. The lowest BCUT2D eigenvalue weighted by molar-refractivity contribution is 0.156. The maximum absolute atomic E-state index is 9.07. The van der Waals surface area contributed by atoms with Crippen molar-refractivity contribution in [1.82, 2.24) is 10.2 Å². The third-order valence-corrected chi connectivity index (χ3v) is 3.18. The van der Waals surface area contributed by atoms with Gasteiger partial charge in [0.1, 0.15) is 0 Å². The van der Waals surface area contributed by atoms with Gasteiger partial charge < -0.3 is 15.3 Å². The first kappa shape index (κ1) is 12.9. The molecule has 0 aromatic carbocycles. The zero-order valence-corrected chi connectivity index (χ0v) is 10.2. The SMILES string of the molecule is CC(O)CNCCCN1CCCCC1C. The van der Waals surface area contributed by atoms with Crippen molar-refractivity contribution in [3.8, 4) is 0 Å². The van der Waals surface area contributed by atoms with Gasteiger partial charge in [-0.15, -0.1) is 0 Å². The Balaban J connectivity index is 1.99. The number of nitrogens with zero attached hydrogens (tertiary/aromatic N) is 1. The van der Waals surface area contributed by atoms with Gasteiger partial charge in [-0.25, -0.2) is 0 Å². The summed E-state index contributed by atoms with van der Waals surface area (Å²) in [5.74, 6) is 0. The summed E-state index contributed by atoms with van der Waals surface area (Å²) >= 11 is 0. The van der Waals surface area contributed by atoms with Crippen molar-refractivity contribution in [2.24, 2.45) is 0 Å². The normalized spacial score (nSPS) is 25.4. The van der Waals surface area contributed by atoms with Crippen molar-refractivity contribution in [2.45, 2.75) is 51.7 Å². The summed E-state index contributed by atoms with van der Waals surface area (Å²) in [6.07, 6.45) is 5.10. The Morgan fingerprint density at radius 1 is 1.47 bits per heavy atom. The van der Waals surface area contributed by atoms with Crippen molar-refractivity contribution in [3.05, 3.63) is 0 Å². The zero-order chi connectivity index (χ0) is 11.1. The van der Waals surface area contributed by atoms with Gasteiger partial charge in [-0.2, -0.15) is 0 Å². The van der Waals surface area contributed by atoms with Crippen molar-refractivity contribution in [3.63, 3.8) is 0 Å². The second-order valence-electron chi connectivity index (χ2n) is 4.79. The van der Waals surface area contributed by atoms with Gasteiger partial charge in [-0.3, -0.25) is 0 Å². The second kappa shape index (κ2) is 7.20. The molecule has 1 aliphatic rings. The molecule has 2 atom stereocenters. The number of nitrogens with one attached hydrogen (secondary N) is 1. The third-order valence-electron chi connectivity index (χ3n) is 3.18. The van der Waals surface area contributed by atoms with E-state index in [1.165, 1.54) is 38.8 Å². The van der Waals surface area contributed by atoms with E-state index in [4.69, 9.17) is 5.11 Å². The van der Waals surface area contributed by atoms with Gasteiger partial charge in [0.05, 0.1) is 6.10 Å². The van der Waals surface area contributed by atoms with Crippen LogP contribution in [-0.2, 0) is 0 Å². The minimum atomic E-state index is -0.223. The third kappa shape index (κ3) is 5.50. The van der Waals surface area contributed by atoms with Crippen molar-refractivity contribution >= 4 is 0 Å². The second-order valence-corrected chi connectivity index (χ2v) is 4.79. The molecule has 0 amide bonds. The number of piperidine rings is 1. The monoisotopic (exact) mass is 214 g/mol. The summed E-state index contributed by atoms with van der Waals surface area (Å²) in [5, 5.41) is 12.3. The Hall–Kier alpha value is -0.120. The van der Waals surface area contributed by atoms with E-state index in [9.17, 15) is 0 Å². The Bertz CT molecular complexity index is 162. The molecule has 0 aromatic rings. The highest BCUT2D eigenvalue weighted by Crippen LogP contribution is 2.15. The molecule has 0 saturated carbocycles. The van der Waals surface area contributed by atoms with E-state index in [-0.39, 0.29) is 6.10 Å². The van der Waals surface area contributed by atoms with Crippen molar-refractivity contribution < 1.29 is 5.11 Å². The highest BCUT2D eigenvalue weighted by Gasteiger charge is 2.16. The highest BCUT2D eigenvalue weighted by molar-refractivity contribution is 4.72. The van der Waals surface area contributed by atoms with Crippen LogP contribution in [0.15, 0.2) is 0 Å². The Morgan fingerprint density at radius 2 is 2.27 bits per heavy atom. The fourth-order valence-electron chi connectivity index (χ4n) is 2.21. The van der Waals surface area contributed by atoms with Gasteiger partial charge in [0.25, 0.3) is 0 Å². The van der Waals surface area contributed by atoms with Crippen molar-refractivity contribution in [2.75, 3.05) is 26.2 Å². The number of rotatable bonds is 6. The van der Waals surface area contributed by atoms with Crippen LogP contribution in [0.1, 0.15) is 39.5 Å². The summed E-state index contributed by atoms with van der Waals surface area (Å²) in [5.41, 5.74) is 0. The molecule has 1 heterocycles. The molecule has 3 heteroatoms. The van der Waals surface area contributed by atoms with E-state index in [0.29, 0.717) is 0 Å². The fourth-order valence-corrected chi connectivity index (χ4v) is 2.21. The summed E-state index contributed by atoms with van der Waals surface area (Å²) in [6, 6.07) is 0.774. The van der Waals surface area contributed by atoms with Gasteiger partial charge in [-0.05, 0) is 52.7 Å². The van der Waals surface area contributed by atoms with Crippen LogP contribution in [0.25, 0.3) is 0 Å². The van der Waals surface area contributed by atoms with E-state index in [0.717, 1.165) is 19.1 Å². The van der Waals surface area contributed by atoms with E-state index in [2.05, 4.69) is 17.1 Å². The first-order valence-corrected chi connectivity index (χ1v) is 6.33. The maximum Gasteiger partial charge on any atom is 0.0636 e. The standard InChI is InChI=1S/C12H26N2O/c1-11-6-3-4-8-14(11)9-5-7-13-10-12(2)15/h11-13,15H,3-10H2,1-2H3. The van der Waals surface area contributed by atoms with Gasteiger partial charge in [-0.1, -0.05) is 6.42 Å². The summed E-state index contributed by atoms with van der Waals surface area (Å²) in [4.78, 5) is 2.59. The smallest absolute Gasteiger partial charge is 0.0636 e. The van der Waals surface area contributed by atoms with E-state index in [1.54, 1.807) is 0 Å². The first-order chi connectivity index (χ1) is 7.20. The van der Waals surface area contributed by atoms with Gasteiger partial charge in [0, 0.05) is 12.6 Å². The lowest BCUT2D eigenvalue weighted by Crippen LogP contribution is -2.39. The van der Waals surface area contributed by atoms with Crippen LogP contribution in [0, 0.1) is 0 Å². The highest BCUT2D eigenvalue weighted by atomic mass is 16.3. The molecule has 1 rings (SSSR count). The van der Waals surface area contributed by atoms with Gasteiger partial charge in [0.2, 0.25) is 0 Å². The number of likely N-dealkylation sites (tertiary alicyclic amines) is 1. The molecule has 2 unspecified atom stereocenters. The molecule has 1 fully saturated rings.